The highest BCUT2D eigenvalue weighted by Crippen LogP contribution is 2.56. The second-order valence-corrected chi connectivity index (χ2v) is 16.8. The molecular weight excluding hydrogens is 813 g/mol. The highest BCUT2D eigenvalue weighted by molar-refractivity contribution is 7.86. The third-order valence-corrected chi connectivity index (χ3v) is 13.6. The first-order chi connectivity index (χ1) is 22.9. The van der Waals surface area contributed by atoms with Crippen LogP contribution in [0.15, 0.2) is 54.8 Å². The molecule has 18 heteroatoms. The molecule has 0 aromatic heterocycles. The smallest absolute Gasteiger partial charge is 0.202 e. The summed E-state index contributed by atoms with van der Waals surface area (Å²) in [4.78, 5) is 35.2. The SMILES string of the molecule is COOC1=C(c2c(S)c(S)c3c(S)c(S)c(S)c4c3c2NC(C)(C)N4)C(=O)/C1=c1\c(S)c(S)c2c(S)c(S)c(OS)c3c2c1NC(C)(C)N=3. The lowest BCUT2D eigenvalue weighted by molar-refractivity contribution is -0.232. The molecule has 0 bridgehead atoms. The molecule has 0 saturated carbocycles. The van der Waals surface area contributed by atoms with Crippen molar-refractivity contribution in [3.63, 3.8) is 0 Å². The fourth-order valence-electron chi connectivity index (χ4n) is 6.65. The fourth-order valence-corrected chi connectivity index (χ4v) is 9.93. The van der Waals surface area contributed by atoms with Crippen molar-refractivity contribution in [3.05, 3.63) is 21.9 Å². The van der Waals surface area contributed by atoms with Crippen LogP contribution in [0.3, 0.4) is 0 Å². The molecule has 8 nitrogen and oxygen atoms in total. The van der Waals surface area contributed by atoms with Crippen molar-refractivity contribution < 1.29 is 18.8 Å². The number of nitrogens with one attached hydrogen (secondary N) is 3. The zero-order chi connectivity index (χ0) is 35.8. The van der Waals surface area contributed by atoms with E-state index in [1.54, 1.807) is 0 Å². The first kappa shape index (κ1) is 36.3. The molecule has 256 valence electrons. The van der Waals surface area contributed by atoms with Crippen LogP contribution in [-0.2, 0) is 14.6 Å². The molecule has 4 aromatic rings. The number of nitrogens with zero attached hydrogens (tertiary/aromatic N) is 1. The number of benzene rings is 4. The Morgan fingerprint density at radius 3 is 1.82 bits per heavy atom. The van der Waals surface area contributed by atoms with Crippen molar-refractivity contribution in [2.75, 3.05) is 23.1 Å². The highest BCUT2D eigenvalue weighted by Gasteiger charge is 2.45. The van der Waals surface area contributed by atoms with E-state index in [0.29, 0.717) is 99.2 Å². The van der Waals surface area contributed by atoms with Gasteiger partial charge in [0, 0.05) is 84.4 Å². The van der Waals surface area contributed by atoms with Crippen LogP contribution in [0.2, 0.25) is 0 Å². The Morgan fingerprint density at radius 1 is 0.612 bits per heavy atom. The molecule has 0 atom stereocenters. The highest BCUT2D eigenvalue weighted by atomic mass is 32.1. The molecule has 0 spiro atoms. The molecule has 0 fully saturated rings. The van der Waals surface area contributed by atoms with E-state index >= 15 is 0 Å². The first-order valence-electron chi connectivity index (χ1n) is 14.3. The van der Waals surface area contributed by atoms with Crippen LogP contribution < -0.4 is 30.7 Å². The van der Waals surface area contributed by atoms with Gasteiger partial charge in [-0.25, -0.2) is 0 Å². The van der Waals surface area contributed by atoms with Gasteiger partial charge in [0.15, 0.2) is 11.5 Å². The summed E-state index contributed by atoms with van der Waals surface area (Å²) in [6.45, 7) is 7.70. The van der Waals surface area contributed by atoms with Gasteiger partial charge in [-0.1, -0.05) is 0 Å². The van der Waals surface area contributed by atoms with E-state index in [0.717, 1.165) is 5.39 Å². The second-order valence-electron chi connectivity index (χ2n) is 12.6. The second kappa shape index (κ2) is 12.2. The van der Waals surface area contributed by atoms with Crippen LogP contribution in [0, 0.1) is 0 Å². The first-order valence-corrected chi connectivity index (χ1v) is 18.7. The van der Waals surface area contributed by atoms with Crippen LogP contribution in [0.4, 0.5) is 17.1 Å². The van der Waals surface area contributed by atoms with E-state index in [4.69, 9.17) is 120 Å². The van der Waals surface area contributed by atoms with E-state index in [1.165, 1.54) is 7.11 Å². The quantitative estimate of drug-likeness (QED) is 0.0441. The lowest BCUT2D eigenvalue weighted by Crippen LogP contribution is -2.43. The monoisotopic (exact) mass is 840 g/mol. The summed E-state index contributed by atoms with van der Waals surface area (Å²) in [6, 6.07) is 0. The average molecular weight is 841 g/mol. The molecule has 3 aliphatic rings. The number of hydrogen-bond donors (Lipinski definition) is 13. The van der Waals surface area contributed by atoms with Crippen molar-refractivity contribution in [1.82, 2.24) is 0 Å². The number of allylic oxidation sites excluding steroid dienone is 2. The number of hydrogen-bond acceptors (Lipinski definition) is 18. The van der Waals surface area contributed by atoms with Crippen molar-refractivity contribution in [3.8, 4) is 5.75 Å². The zero-order valence-corrected chi connectivity index (χ0v) is 35.0. The molecule has 0 amide bonds. The van der Waals surface area contributed by atoms with Gasteiger partial charge in [-0.05, 0) is 27.7 Å². The third kappa shape index (κ3) is 5.13. The Hall–Kier alpha value is -1.06. The standard InChI is InChI=1S/C31H28N4O4S10/c1-30(2)32-14-6-12(25(44)28(47)20(39-49)16(6)34-30)23(42)21(40)8(14)10-18(36)11(19(10)38-37-5)9-15-7-13(24(43)22(9)41)26(45)29(48)27(46)17(7)35-31(3,4)33-15/h32-33,35,40-49H,1-5H3/b10-8+. The van der Waals surface area contributed by atoms with E-state index in [2.05, 4.69) is 41.5 Å². The van der Waals surface area contributed by atoms with Crippen molar-refractivity contribution >= 4 is 182 Å². The van der Waals surface area contributed by atoms with Crippen molar-refractivity contribution in [2.45, 2.75) is 83.1 Å². The molecule has 7 rings (SSSR count). The summed E-state index contributed by atoms with van der Waals surface area (Å²) in [5, 5.41) is 14.1. The summed E-state index contributed by atoms with van der Waals surface area (Å²) >= 11 is 47.5. The van der Waals surface area contributed by atoms with Gasteiger partial charge in [-0.3, -0.25) is 9.79 Å². The minimum Gasteiger partial charge on any atom is -0.425 e. The number of carbonyl (C=O) groups excluding carboxylic acids is 1. The summed E-state index contributed by atoms with van der Waals surface area (Å²) in [6.07, 6.45) is 0. The molecule has 4 aromatic carbocycles. The number of anilines is 3. The summed E-state index contributed by atoms with van der Waals surface area (Å²) in [7, 11) is 1.37. The van der Waals surface area contributed by atoms with Gasteiger partial charge in [0.1, 0.15) is 16.7 Å². The molecule has 2 aliphatic heterocycles. The lowest BCUT2D eigenvalue weighted by Gasteiger charge is -2.40. The molecule has 2 heterocycles. The Bertz CT molecular complexity index is 2450. The molecule has 49 heavy (non-hydrogen) atoms. The van der Waals surface area contributed by atoms with Crippen LogP contribution in [-0.4, -0.2) is 24.2 Å². The van der Waals surface area contributed by atoms with E-state index < -0.39 is 11.3 Å². The van der Waals surface area contributed by atoms with Crippen molar-refractivity contribution in [1.29, 1.82) is 0 Å². The minimum atomic E-state index is -0.851. The maximum Gasteiger partial charge on any atom is 0.202 e. The molecule has 1 aliphatic carbocycles. The predicted molar refractivity (Wildman–Crippen MR) is 226 cm³/mol. The molecule has 0 saturated heterocycles. The molecule has 0 radical (unpaired) electrons. The van der Waals surface area contributed by atoms with E-state index in [9.17, 15) is 4.79 Å². The predicted octanol–water partition coefficient (Wildman–Crippen LogP) is 7.89. The van der Waals surface area contributed by atoms with Gasteiger partial charge in [-0.15, -0.1) is 114 Å². The number of thiol groups is 10. The van der Waals surface area contributed by atoms with E-state index in [-0.39, 0.29) is 22.7 Å². The number of ketones is 1. The topological polar surface area (TPSA) is 93.2 Å². The third-order valence-electron chi connectivity index (χ3n) is 8.56. The van der Waals surface area contributed by atoms with Gasteiger partial charge >= 0.3 is 0 Å². The van der Waals surface area contributed by atoms with Gasteiger partial charge in [0.25, 0.3) is 0 Å². The lowest BCUT2D eigenvalue weighted by atomic mass is 9.79. The molecule has 3 N–H and O–H groups in total. The van der Waals surface area contributed by atoms with Crippen molar-refractivity contribution in [2.24, 2.45) is 4.99 Å². The zero-order valence-electron chi connectivity index (χ0n) is 26.1. The van der Waals surface area contributed by atoms with Crippen LogP contribution in [0.1, 0.15) is 33.3 Å². The largest absolute Gasteiger partial charge is 0.425 e. The Balaban J connectivity index is 1.67. The Morgan fingerprint density at radius 2 is 1.18 bits per heavy atom. The number of Topliss-reactive ketones (excluding diaryl/α,β-unsaturated/α-hetero) is 1. The normalized spacial score (nSPS) is 18.1. The summed E-state index contributed by atoms with van der Waals surface area (Å²) in [5.74, 6) is 0.128. The van der Waals surface area contributed by atoms with Crippen LogP contribution >= 0.6 is 127 Å². The van der Waals surface area contributed by atoms with Gasteiger partial charge in [-0.2, -0.15) is 4.89 Å². The number of rotatable bonds is 4. The molecule has 0 unspecified atom stereocenters. The van der Waals surface area contributed by atoms with Gasteiger partial charge in [0.2, 0.25) is 5.78 Å². The van der Waals surface area contributed by atoms with E-state index in [1.807, 2.05) is 27.7 Å². The Labute approximate surface area is 336 Å². The fraction of sp³-hybridized carbons (Fsp3) is 0.226. The van der Waals surface area contributed by atoms with Gasteiger partial charge < -0.3 is 25.0 Å². The van der Waals surface area contributed by atoms with Crippen LogP contribution in [0.5, 0.6) is 5.75 Å². The van der Waals surface area contributed by atoms with Gasteiger partial charge in [0.05, 0.1) is 40.2 Å². The maximum absolute atomic E-state index is 14.8. The minimum absolute atomic E-state index is 0.165. The molecular formula is C31H28N4O4S10. The summed E-state index contributed by atoms with van der Waals surface area (Å²) < 4.78 is 5.48. The maximum atomic E-state index is 14.8. The summed E-state index contributed by atoms with van der Waals surface area (Å²) in [5.41, 5.74) is 1.26. The number of carbonyl (C=O) groups is 1. The Kier molecular flexibility index (Phi) is 9.07. The van der Waals surface area contributed by atoms with Crippen LogP contribution in [0.25, 0.3) is 32.7 Å². The average Bonchev–Trinajstić information content (AvgIpc) is 3.02.